The van der Waals surface area contributed by atoms with Crippen molar-refractivity contribution in [3.8, 4) is 11.5 Å². The molecule has 0 radical (unpaired) electrons. The van der Waals surface area contributed by atoms with Crippen LogP contribution in [-0.2, 0) is 22.6 Å². The van der Waals surface area contributed by atoms with E-state index >= 15 is 0 Å². The molecule has 0 bridgehead atoms. The van der Waals surface area contributed by atoms with Crippen molar-refractivity contribution in [3.05, 3.63) is 53.9 Å². The van der Waals surface area contributed by atoms with Gasteiger partial charge in [-0.05, 0) is 39.2 Å². The van der Waals surface area contributed by atoms with Crippen molar-refractivity contribution < 1.29 is 28.8 Å². The first-order valence-electron chi connectivity index (χ1n) is 13.0. The van der Waals surface area contributed by atoms with Crippen LogP contribution in [0.15, 0.2) is 42.6 Å². The van der Waals surface area contributed by atoms with Crippen molar-refractivity contribution in [1.82, 2.24) is 14.8 Å². The van der Waals surface area contributed by atoms with Gasteiger partial charge < -0.3 is 24.1 Å². The van der Waals surface area contributed by atoms with Crippen LogP contribution >= 0.6 is 0 Å². The number of aliphatic hydroxyl groups excluding tert-OH is 1. The Morgan fingerprint density at radius 3 is 2.54 bits per heavy atom. The number of fused-ring (bicyclic) bond motifs is 1. The average Bonchev–Trinajstić information content (AvgIpc) is 2.89. The second-order valence-electron chi connectivity index (χ2n) is 10.5. The lowest BCUT2D eigenvalue weighted by Gasteiger charge is -2.41. The SMILES string of the molecule is CC(C)(C)OC(=O)N(Cc1cc2c(cn1)OCCO2)C1CCN(C(CO)COCc2ccccc2)CC1. The lowest BCUT2D eigenvalue weighted by atomic mass is 10.0. The van der Waals surface area contributed by atoms with Gasteiger partial charge in [-0.15, -0.1) is 0 Å². The summed E-state index contributed by atoms with van der Waals surface area (Å²) >= 11 is 0. The molecular weight excluding hydrogens is 474 g/mol. The Balaban J connectivity index is 1.37. The fourth-order valence-corrected chi connectivity index (χ4v) is 4.64. The van der Waals surface area contributed by atoms with E-state index in [-0.39, 0.29) is 24.8 Å². The highest BCUT2D eigenvalue weighted by atomic mass is 16.6. The van der Waals surface area contributed by atoms with E-state index in [9.17, 15) is 9.90 Å². The fourth-order valence-electron chi connectivity index (χ4n) is 4.64. The summed E-state index contributed by atoms with van der Waals surface area (Å²) < 4.78 is 22.9. The maximum absolute atomic E-state index is 13.2. The van der Waals surface area contributed by atoms with E-state index in [1.165, 1.54) is 0 Å². The quantitative estimate of drug-likeness (QED) is 0.543. The lowest BCUT2D eigenvalue weighted by Crippen LogP contribution is -2.52. The molecule has 1 fully saturated rings. The molecule has 9 heteroatoms. The average molecular weight is 514 g/mol. The number of nitrogens with zero attached hydrogens (tertiary/aromatic N) is 3. The molecule has 1 amide bonds. The van der Waals surface area contributed by atoms with E-state index in [0.29, 0.717) is 44.5 Å². The molecule has 2 aliphatic rings. The Kier molecular flexibility index (Phi) is 9.23. The number of aliphatic hydroxyl groups is 1. The van der Waals surface area contributed by atoms with Gasteiger partial charge in [0, 0.05) is 25.2 Å². The topological polar surface area (TPSA) is 93.6 Å². The first-order valence-corrected chi connectivity index (χ1v) is 13.0. The Bertz CT molecular complexity index is 1000. The first-order chi connectivity index (χ1) is 17.8. The zero-order valence-corrected chi connectivity index (χ0v) is 22.1. The number of piperidine rings is 1. The van der Waals surface area contributed by atoms with Crippen molar-refractivity contribution in [3.63, 3.8) is 0 Å². The van der Waals surface area contributed by atoms with Gasteiger partial charge in [0.2, 0.25) is 0 Å². The molecule has 9 nitrogen and oxygen atoms in total. The number of ether oxygens (including phenoxy) is 4. The van der Waals surface area contributed by atoms with E-state index in [0.717, 1.165) is 37.2 Å². The Morgan fingerprint density at radius 2 is 1.86 bits per heavy atom. The third-order valence-corrected chi connectivity index (χ3v) is 6.54. The van der Waals surface area contributed by atoms with Crippen LogP contribution in [0.2, 0.25) is 0 Å². The number of carbonyl (C=O) groups is 1. The van der Waals surface area contributed by atoms with Crippen LogP contribution in [0, 0.1) is 0 Å². The largest absolute Gasteiger partial charge is 0.486 e. The molecule has 2 aliphatic heterocycles. The van der Waals surface area contributed by atoms with Crippen molar-refractivity contribution in [1.29, 1.82) is 0 Å². The van der Waals surface area contributed by atoms with Gasteiger partial charge in [-0.25, -0.2) is 4.79 Å². The molecule has 4 rings (SSSR count). The summed E-state index contributed by atoms with van der Waals surface area (Å²) in [7, 11) is 0. The van der Waals surface area contributed by atoms with Crippen LogP contribution in [0.4, 0.5) is 4.79 Å². The van der Waals surface area contributed by atoms with Gasteiger partial charge in [0.15, 0.2) is 11.5 Å². The first kappa shape index (κ1) is 27.2. The summed E-state index contributed by atoms with van der Waals surface area (Å²) in [5, 5.41) is 10.0. The maximum Gasteiger partial charge on any atom is 0.410 e. The Labute approximate surface area is 219 Å². The molecule has 2 aromatic rings. The number of benzene rings is 1. The maximum atomic E-state index is 13.2. The van der Waals surface area contributed by atoms with Crippen molar-refractivity contribution in [2.24, 2.45) is 0 Å². The number of likely N-dealkylation sites (tertiary alicyclic amines) is 1. The minimum absolute atomic E-state index is 0.00863. The minimum atomic E-state index is -0.603. The predicted molar refractivity (Wildman–Crippen MR) is 139 cm³/mol. The molecule has 1 N–H and O–H groups in total. The molecule has 0 aliphatic carbocycles. The molecule has 1 saturated heterocycles. The van der Waals surface area contributed by atoms with E-state index < -0.39 is 5.60 Å². The van der Waals surface area contributed by atoms with E-state index in [1.807, 2.05) is 57.2 Å². The second-order valence-corrected chi connectivity index (χ2v) is 10.5. The minimum Gasteiger partial charge on any atom is -0.486 e. The van der Waals surface area contributed by atoms with Gasteiger partial charge in [0.25, 0.3) is 0 Å². The summed E-state index contributed by atoms with van der Waals surface area (Å²) in [4.78, 5) is 21.8. The highest BCUT2D eigenvalue weighted by molar-refractivity contribution is 5.68. The zero-order valence-electron chi connectivity index (χ0n) is 22.1. The van der Waals surface area contributed by atoms with Crippen molar-refractivity contribution >= 4 is 6.09 Å². The van der Waals surface area contributed by atoms with Crippen LogP contribution in [0.3, 0.4) is 0 Å². The van der Waals surface area contributed by atoms with Crippen molar-refractivity contribution in [2.75, 3.05) is 39.5 Å². The smallest absolute Gasteiger partial charge is 0.410 e. The van der Waals surface area contributed by atoms with Gasteiger partial charge in [0.1, 0.15) is 18.8 Å². The number of hydrogen-bond donors (Lipinski definition) is 1. The van der Waals surface area contributed by atoms with E-state index in [2.05, 4.69) is 9.88 Å². The van der Waals surface area contributed by atoms with Gasteiger partial charge in [-0.1, -0.05) is 30.3 Å². The lowest BCUT2D eigenvalue weighted by molar-refractivity contribution is -0.0125. The number of carbonyl (C=O) groups excluding carboxylic acids is 1. The highest BCUT2D eigenvalue weighted by Crippen LogP contribution is 2.30. The predicted octanol–water partition coefficient (Wildman–Crippen LogP) is 3.63. The van der Waals surface area contributed by atoms with Gasteiger partial charge >= 0.3 is 6.09 Å². The molecule has 1 aromatic carbocycles. The zero-order chi connectivity index (χ0) is 26.3. The van der Waals surface area contributed by atoms with Crippen molar-refractivity contribution in [2.45, 2.75) is 64.4 Å². The second kappa shape index (κ2) is 12.6. The summed E-state index contributed by atoms with van der Waals surface area (Å²) in [5.74, 6) is 1.27. The fraction of sp³-hybridized carbons (Fsp3) is 0.571. The monoisotopic (exact) mass is 513 g/mol. The summed E-state index contributed by atoms with van der Waals surface area (Å²) in [5.41, 5.74) is 1.23. The van der Waals surface area contributed by atoms with E-state index in [4.69, 9.17) is 18.9 Å². The summed E-state index contributed by atoms with van der Waals surface area (Å²) in [6.07, 6.45) is 2.83. The number of rotatable bonds is 9. The molecule has 1 atom stereocenters. The standard InChI is InChI=1S/C28H39N3O6/c1-28(2,3)37-27(33)31(17-22-15-25-26(16-29-22)36-14-13-35-25)23-9-11-30(12-10-23)24(18-32)20-34-19-21-7-5-4-6-8-21/h4-8,15-16,23-24,32H,9-14,17-20H2,1-3H3. The van der Waals surface area contributed by atoms with Crippen LogP contribution in [0.1, 0.15) is 44.9 Å². The van der Waals surface area contributed by atoms with Gasteiger partial charge in [0.05, 0.1) is 44.3 Å². The molecule has 1 unspecified atom stereocenters. The van der Waals surface area contributed by atoms with Gasteiger partial charge in [-0.2, -0.15) is 0 Å². The molecule has 202 valence electrons. The molecule has 0 saturated carbocycles. The molecule has 1 aromatic heterocycles. The molecule has 3 heterocycles. The van der Waals surface area contributed by atoms with Crippen LogP contribution in [0.5, 0.6) is 11.5 Å². The summed E-state index contributed by atoms with van der Waals surface area (Å²) in [6, 6.07) is 11.8. The van der Waals surface area contributed by atoms with Crippen LogP contribution in [0.25, 0.3) is 0 Å². The van der Waals surface area contributed by atoms with Crippen LogP contribution < -0.4 is 9.47 Å². The number of aromatic nitrogens is 1. The third kappa shape index (κ3) is 7.80. The van der Waals surface area contributed by atoms with E-state index in [1.54, 1.807) is 11.1 Å². The normalized spacial score (nSPS) is 17.3. The molecule has 37 heavy (non-hydrogen) atoms. The number of amides is 1. The summed E-state index contributed by atoms with van der Waals surface area (Å²) in [6.45, 7) is 9.41. The Morgan fingerprint density at radius 1 is 1.16 bits per heavy atom. The number of hydrogen-bond acceptors (Lipinski definition) is 8. The van der Waals surface area contributed by atoms with Gasteiger partial charge in [-0.3, -0.25) is 14.8 Å². The van der Waals surface area contributed by atoms with Crippen LogP contribution in [-0.4, -0.2) is 83.2 Å². The molecule has 0 spiro atoms. The number of pyridine rings is 1. The molecular formula is C28H39N3O6. The highest BCUT2D eigenvalue weighted by Gasteiger charge is 2.33. The Hall–Kier alpha value is -2.88. The third-order valence-electron chi connectivity index (χ3n) is 6.54.